The van der Waals surface area contributed by atoms with E-state index in [0.717, 1.165) is 38.4 Å². The lowest BCUT2D eigenvalue weighted by Gasteiger charge is -2.44. The highest BCUT2D eigenvalue weighted by Crippen LogP contribution is 2.38. The molecule has 2 unspecified atom stereocenters. The summed E-state index contributed by atoms with van der Waals surface area (Å²) in [4.78, 5) is 1.57. The van der Waals surface area contributed by atoms with Crippen LogP contribution in [0.25, 0.3) is 0 Å². The van der Waals surface area contributed by atoms with E-state index in [0.29, 0.717) is 17.4 Å². The molecule has 2 aliphatic rings. The van der Waals surface area contributed by atoms with Crippen molar-refractivity contribution in [3.05, 3.63) is 22.7 Å². The van der Waals surface area contributed by atoms with Crippen LogP contribution in [0.1, 0.15) is 32.6 Å². The third-order valence-electron chi connectivity index (χ3n) is 5.43. The number of benzene rings is 1. The highest BCUT2D eigenvalue weighted by Gasteiger charge is 2.43. The fourth-order valence-corrected chi connectivity index (χ4v) is 6.53. The Balaban J connectivity index is 1.99. The molecule has 5 nitrogen and oxygen atoms in total. The van der Waals surface area contributed by atoms with Crippen LogP contribution in [0, 0.1) is 5.92 Å². The first-order valence-electron chi connectivity index (χ1n) is 9.33. The van der Waals surface area contributed by atoms with Crippen molar-refractivity contribution in [1.29, 1.82) is 0 Å². The van der Waals surface area contributed by atoms with Gasteiger partial charge in [0.05, 0.1) is 0 Å². The zero-order valence-corrected chi connectivity index (χ0v) is 17.9. The van der Waals surface area contributed by atoms with Crippen LogP contribution >= 0.6 is 15.9 Å². The first-order chi connectivity index (χ1) is 13.1. The standard InChI is InChI=1S/C18H24BrF3N2O3S/c1-12-6-9-24(14-4-7-23-8-5-14)17(10-12)28(25,26)16-3-2-13(19)11-15(16)27-18(20,21)22/h2-3,11-12,14,17,23H,4-10H2,1H3. The van der Waals surface area contributed by atoms with Gasteiger partial charge in [0.2, 0.25) is 0 Å². The van der Waals surface area contributed by atoms with E-state index >= 15 is 0 Å². The van der Waals surface area contributed by atoms with Crippen molar-refractivity contribution >= 4 is 25.8 Å². The Morgan fingerprint density at radius 3 is 2.54 bits per heavy atom. The van der Waals surface area contributed by atoms with Crippen molar-refractivity contribution in [2.75, 3.05) is 19.6 Å². The average molecular weight is 485 g/mol. The van der Waals surface area contributed by atoms with Gasteiger partial charge in [-0.2, -0.15) is 0 Å². The highest BCUT2D eigenvalue weighted by molar-refractivity contribution is 9.10. The number of alkyl halides is 3. The molecule has 1 aromatic rings. The molecule has 0 aliphatic carbocycles. The van der Waals surface area contributed by atoms with Crippen LogP contribution in [0.15, 0.2) is 27.6 Å². The Kier molecular flexibility index (Phi) is 6.63. The summed E-state index contributed by atoms with van der Waals surface area (Å²) in [5, 5.41) is 2.41. The summed E-state index contributed by atoms with van der Waals surface area (Å²) in [5.41, 5.74) is 0. The van der Waals surface area contributed by atoms with E-state index < -0.39 is 32.2 Å². The lowest BCUT2D eigenvalue weighted by molar-refractivity contribution is -0.275. The van der Waals surface area contributed by atoms with Gasteiger partial charge in [-0.1, -0.05) is 22.9 Å². The molecule has 2 atom stereocenters. The first kappa shape index (κ1) is 21.9. The van der Waals surface area contributed by atoms with Crippen LogP contribution in [0.2, 0.25) is 0 Å². The number of hydrogen-bond donors (Lipinski definition) is 1. The molecule has 158 valence electrons. The van der Waals surface area contributed by atoms with E-state index in [9.17, 15) is 21.6 Å². The van der Waals surface area contributed by atoms with Crippen molar-refractivity contribution in [2.45, 2.75) is 55.3 Å². The van der Waals surface area contributed by atoms with Gasteiger partial charge >= 0.3 is 6.36 Å². The smallest absolute Gasteiger partial charge is 0.404 e. The third-order valence-corrected chi connectivity index (χ3v) is 8.05. The van der Waals surface area contributed by atoms with Gasteiger partial charge in [-0.05, 0) is 69.4 Å². The molecule has 0 spiro atoms. The zero-order valence-electron chi connectivity index (χ0n) is 15.5. The summed E-state index contributed by atoms with van der Waals surface area (Å²) in [6.07, 6.45) is -2.05. The molecule has 3 rings (SSSR count). The molecular formula is C18H24BrF3N2O3S. The topological polar surface area (TPSA) is 58.6 Å². The molecular weight excluding hydrogens is 461 g/mol. The molecule has 0 radical (unpaired) electrons. The molecule has 2 heterocycles. The molecule has 28 heavy (non-hydrogen) atoms. The maximum atomic E-state index is 13.5. The number of halogens is 4. The molecule has 0 amide bonds. The molecule has 0 aromatic heterocycles. The maximum Gasteiger partial charge on any atom is 0.573 e. The fourth-order valence-electron chi connectivity index (χ4n) is 4.04. The summed E-state index contributed by atoms with van der Waals surface area (Å²) in [6, 6.07) is 3.79. The summed E-state index contributed by atoms with van der Waals surface area (Å²) in [7, 11) is -4.05. The number of nitrogens with one attached hydrogen (secondary N) is 1. The number of likely N-dealkylation sites (tertiary alicyclic amines) is 1. The van der Waals surface area contributed by atoms with E-state index in [1.807, 2.05) is 11.8 Å². The highest BCUT2D eigenvalue weighted by atomic mass is 79.9. The van der Waals surface area contributed by atoms with Crippen LogP contribution in [0.5, 0.6) is 5.75 Å². The largest absolute Gasteiger partial charge is 0.573 e. The number of piperidine rings is 2. The number of ether oxygens (including phenoxy) is 1. The van der Waals surface area contributed by atoms with Crippen LogP contribution < -0.4 is 10.1 Å². The minimum Gasteiger partial charge on any atom is -0.404 e. The first-order valence-corrected chi connectivity index (χ1v) is 11.7. The SMILES string of the molecule is CC1CCN(C2CCNCC2)C(S(=O)(=O)c2ccc(Br)cc2OC(F)(F)F)C1. The van der Waals surface area contributed by atoms with E-state index in [-0.39, 0.29) is 12.0 Å². The molecule has 1 aromatic carbocycles. The minimum absolute atomic E-state index is 0.107. The minimum atomic E-state index is -4.97. The Morgan fingerprint density at radius 2 is 1.89 bits per heavy atom. The number of hydrogen-bond acceptors (Lipinski definition) is 5. The molecule has 2 aliphatic heterocycles. The van der Waals surface area contributed by atoms with Crippen LogP contribution in [0.3, 0.4) is 0 Å². The van der Waals surface area contributed by atoms with Crippen molar-refractivity contribution in [3.8, 4) is 5.75 Å². The number of rotatable bonds is 4. The van der Waals surface area contributed by atoms with E-state index in [1.165, 1.54) is 12.1 Å². The van der Waals surface area contributed by atoms with Gasteiger partial charge in [-0.3, -0.25) is 4.90 Å². The lowest BCUT2D eigenvalue weighted by Crippen LogP contribution is -2.54. The van der Waals surface area contributed by atoms with E-state index in [1.54, 1.807) is 0 Å². The third kappa shape index (κ3) is 5.01. The molecule has 1 N–H and O–H groups in total. The van der Waals surface area contributed by atoms with Crippen molar-refractivity contribution < 1.29 is 26.3 Å². The molecule has 0 bridgehead atoms. The monoisotopic (exact) mass is 484 g/mol. The van der Waals surface area contributed by atoms with Crippen LogP contribution in [0.4, 0.5) is 13.2 Å². The van der Waals surface area contributed by atoms with E-state index in [2.05, 4.69) is 26.0 Å². The summed E-state index contributed by atoms with van der Waals surface area (Å²) in [5.74, 6) is -0.509. The summed E-state index contributed by atoms with van der Waals surface area (Å²) >= 11 is 3.09. The van der Waals surface area contributed by atoms with Gasteiger partial charge in [0, 0.05) is 10.5 Å². The predicted octanol–water partition coefficient (Wildman–Crippen LogP) is 3.93. The van der Waals surface area contributed by atoms with Gasteiger partial charge in [0.15, 0.2) is 9.84 Å². The fraction of sp³-hybridized carbons (Fsp3) is 0.667. The van der Waals surface area contributed by atoms with E-state index in [4.69, 9.17) is 0 Å². The van der Waals surface area contributed by atoms with Gasteiger partial charge in [-0.15, -0.1) is 13.2 Å². The number of nitrogens with zero attached hydrogens (tertiary/aromatic N) is 1. The van der Waals surface area contributed by atoms with Gasteiger partial charge in [-0.25, -0.2) is 8.42 Å². The predicted molar refractivity (Wildman–Crippen MR) is 103 cm³/mol. The number of sulfone groups is 1. The zero-order chi connectivity index (χ0) is 20.5. The molecule has 0 saturated carbocycles. The Hall–Kier alpha value is -0.840. The van der Waals surface area contributed by atoms with Crippen LogP contribution in [-0.4, -0.2) is 50.7 Å². The van der Waals surface area contributed by atoms with Crippen LogP contribution in [-0.2, 0) is 9.84 Å². The van der Waals surface area contributed by atoms with Gasteiger partial charge < -0.3 is 10.1 Å². The van der Waals surface area contributed by atoms with Gasteiger partial charge in [0.1, 0.15) is 16.0 Å². The quantitative estimate of drug-likeness (QED) is 0.701. The van der Waals surface area contributed by atoms with Crippen molar-refractivity contribution in [1.82, 2.24) is 10.2 Å². The second kappa shape index (κ2) is 8.49. The van der Waals surface area contributed by atoms with Crippen molar-refractivity contribution in [3.63, 3.8) is 0 Å². The second-order valence-electron chi connectivity index (χ2n) is 7.49. The molecule has 2 fully saturated rings. The Labute approximate surface area is 171 Å². The average Bonchev–Trinajstić information content (AvgIpc) is 2.61. The summed E-state index contributed by atoms with van der Waals surface area (Å²) in [6.45, 7) is 4.23. The Bertz CT molecular complexity index is 798. The van der Waals surface area contributed by atoms with Crippen molar-refractivity contribution in [2.24, 2.45) is 5.92 Å². The maximum absolute atomic E-state index is 13.5. The summed E-state index contributed by atoms with van der Waals surface area (Å²) < 4.78 is 69.9. The molecule has 10 heteroatoms. The second-order valence-corrected chi connectivity index (χ2v) is 10.5. The van der Waals surface area contributed by atoms with Gasteiger partial charge in [0.25, 0.3) is 0 Å². The molecule has 2 saturated heterocycles. The normalized spacial score (nSPS) is 25.6. The lowest BCUT2D eigenvalue weighted by atomic mass is 9.95. The Morgan fingerprint density at radius 1 is 1.21 bits per heavy atom.